The van der Waals surface area contributed by atoms with Crippen LogP contribution in [-0.4, -0.2) is 38.5 Å². The molecule has 0 amide bonds. The zero-order valence-electron chi connectivity index (χ0n) is 10.9. The Balaban J connectivity index is 3.09. The molecule has 20 heavy (non-hydrogen) atoms. The lowest BCUT2D eigenvalue weighted by molar-refractivity contribution is -0.137. The number of nitriles is 1. The van der Waals surface area contributed by atoms with Crippen LogP contribution in [-0.2, 0) is 10.9 Å². The second-order valence-corrected chi connectivity index (χ2v) is 4.04. The van der Waals surface area contributed by atoms with E-state index in [0.717, 1.165) is 6.07 Å². The zero-order valence-corrected chi connectivity index (χ0v) is 10.9. The van der Waals surface area contributed by atoms with E-state index in [2.05, 4.69) is 0 Å². The summed E-state index contributed by atoms with van der Waals surface area (Å²) in [6, 6.07) is 4.90. The van der Waals surface area contributed by atoms with Gasteiger partial charge in [0.25, 0.3) is 0 Å². The molecule has 1 aromatic carbocycles. The third-order valence-electron chi connectivity index (χ3n) is 2.73. The van der Waals surface area contributed by atoms with E-state index in [1.807, 2.05) is 0 Å². The van der Waals surface area contributed by atoms with Crippen molar-refractivity contribution >= 4 is 5.69 Å². The molecule has 4 nitrogen and oxygen atoms in total. The van der Waals surface area contributed by atoms with E-state index < -0.39 is 17.3 Å². The molecule has 1 aromatic rings. The Morgan fingerprint density at radius 2 is 2.05 bits per heavy atom. The van der Waals surface area contributed by atoms with E-state index in [4.69, 9.17) is 15.1 Å². The van der Waals surface area contributed by atoms with Crippen LogP contribution in [0, 0.1) is 11.3 Å². The largest absolute Gasteiger partial charge is 0.417 e. The summed E-state index contributed by atoms with van der Waals surface area (Å²) in [6.07, 6.45) is -4.56. The molecule has 0 radical (unpaired) electrons. The highest BCUT2D eigenvalue weighted by molar-refractivity contribution is 5.55. The first-order valence-electron chi connectivity index (χ1n) is 5.90. The number of ether oxygens (including phenoxy) is 1. The van der Waals surface area contributed by atoms with Gasteiger partial charge in [-0.05, 0) is 18.2 Å². The van der Waals surface area contributed by atoms with Crippen molar-refractivity contribution in [2.24, 2.45) is 0 Å². The molecule has 0 atom stereocenters. The first kappa shape index (κ1) is 16.3. The van der Waals surface area contributed by atoms with Crippen molar-refractivity contribution in [1.29, 1.82) is 5.26 Å². The molecule has 7 heteroatoms. The smallest absolute Gasteiger partial charge is 0.395 e. The fourth-order valence-electron chi connectivity index (χ4n) is 1.76. The van der Waals surface area contributed by atoms with Crippen LogP contribution >= 0.6 is 0 Å². The SMILES string of the molecule is COCCN(CCO)c1ccc(C(F)(F)F)c(C#N)c1. The van der Waals surface area contributed by atoms with Gasteiger partial charge in [-0.15, -0.1) is 0 Å². The molecule has 0 unspecified atom stereocenters. The van der Waals surface area contributed by atoms with Gasteiger partial charge in [0.2, 0.25) is 0 Å². The lowest BCUT2D eigenvalue weighted by Crippen LogP contribution is -2.30. The summed E-state index contributed by atoms with van der Waals surface area (Å²) in [5, 5.41) is 17.8. The first-order chi connectivity index (χ1) is 9.43. The summed E-state index contributed by atoms with van der Waals surface area (Å²) in [5.74, 6) is 0. The molecule has 0 aliphatic rings. The molecule has 0 fully saturated rings. The lowest BCUT2D eigenvalue weighted by Gasteiger charge is -2.24. The number of alkyl halides is 3. The number of hydrogen-bond acceptors (Lipinski definition) is 4. The number of rotatable bonds is 6. The molecule has 0 heterocycles. The predicted molar refractivity (Wildman–Crippen MR) is 67.3 cm³/mol. The standard InChI is InChI=1S/C13H15F3N2O2/c1-20-7-5-18(4-6-19)11-2-3-12(13(14,15)16)10(8-11)9-17/h2-3,8,19H,4-7H2,1H3. The minimum Gasteiger partial charge on any atom is -0.395 e. The minimum absolute atomic E-state index is 0.146. The van der Waals surface area contributed by atoms with Crippen LogP contribution in [0.5, 0.6) is 0 Å². The van der Waals surface area contributed by atoms with Crippen LogP contribution in [0.3, 0.4) is 0 Å². The van der Waals surface area contributed by atoms with E-state index in [1.54, 1.807) is 11.0 Å². The van der Waals surface area contributed by atoms with Crippen LogP contribution in [0.2, 0.25) is 0 Å². The highest BCUT2D eigenvalue weighted by Gasteiger charge is 2.33. The topological polar surface area (TPSA) is 56.5 Å². The van der Waals surface area contributed by atoms with Gasteiger partial charge in [0, 0.05) is 25.9 Å². The Labute approximate surface area is 115 Å². The van der Waals surface area contributed by atoms with Gasteiger partial charge in [0.15, 0.2) is 0 Å². The molecule has 0 spiro atoms. The third-order valence-corrected chi connectivity index (χ3v) is 2.73. The van der Waals surface area contributed by atoms with Gasteiger partial charge in [-0.2, -0.15) is 18.4 Å². The fourth-order valence-corrected chi connectivity index (χ4v) is 1.76. The zero-order chi connectivity index (χ0) is 15.2. The Morgan fingerprint density at radius 3 is 2.55 bits per heavy atom. The van der Waals surface area contributed by atoms with Gasteiger partial charge in [0.05, 0.1) is 30.4 Å². The lowest BCUT2D eigenvalue weighted by atomic mass is 10.1. The van der Waals surface area contributed by atoms with Gasteiger partial charge in [0.1, 0.15) is 0 Å². The van der Waals surface area contributed by atoms with Gasteiger partial charge in [-0.1, -0.05) is 0 Å². The van der Waals surface area contributed by atoms with Crippen molar-refractivity contribution in [3.05, 3.63) is 29.3 Å². The average Bonchev–Trinajstić information content (AvgIpc) is 2.41. The maximum absolute atomic E-state index is 12.7. The Hall–Kier alpha value is -1.78. The van der Waals surface area contributed by atoms with Gasteiger partial charge >= 0.3 is 6.18 Å². The summed E-state index contributed by atoms with van der Waals surface area (Å²) < 4.78 is 43.0. The maximum atomic E-state index is 12.7. The van der Waals surface area contributed by atoms with Crippen molar-refractivity contribution < 1.29 is 23.0 Å². The highest BCUT2D eigenvalue weighted by Crippen LogP contribution is 2.33. The average molecular weight is 288 g/mol. The van der Waals surface area contributed by atoms with Crippen LogP contribution in [0.25, 0.3) is 0 Å². The number of aliphatic hydroxyl groups excluding tert-OH is 1. The highest BCUT2D eigenvalue weighted by atomic mass is 19.4. The molecule has 0 aromatic heterocycles. The summed E-state index contributed by atoms with van der Waals surface area (Å²) in [7, 11) is 1.50. The minimum atomic E-state index is -4.56. The third kappa shape index (κ3) is 4.11. The van der Waals surface area contributed by atoms with Crippen LogP contribution in [0.15, 0.2) is 18.2 Å². The second kappa shape index (κ2) is 7.12. The van der Waals surface area contributed by atoms with Crippen molar-refractivity contribution in [1.82, 2.24) is 0 Å². The fraction of sp³-hybridized carbons (Fsp3) is 0.462. The Bertz CT molecular complexity index is 483. The molecular formula is C13H15F3N2O2. The van der Waals surface area contributed by atoms with E-state index in [-0.39, 0.29) is 13.2 Å². The van der Waals surface area contributed by atoms with Gasteiger partial charge in [-0.25, -0.2) is 0 Å². The molecular weight excluding hydrogens is 273 g/mol. The Kier molecular flexibility index (Phi) is 5.80. The summed E-state index contributed by atoms with van der Waals surface area (Å²) in [6.45, 7) is 0.877. The molecule has 0 aliphatic carbocycles. The molecule has 110 valence electrons. The molecule has 0 saturated heterocycles. The summed E-state index contributed by atoms with van der Waals surface area (Å²) >= 11 is 0. The molecule has 1 N–H and O–H groups in total. The van der Waals surface area contributed by atoms with E-state index in [0.29, 0.717) is 18.8 Å². The molecule has 1 rings (SSSR count). The van der Waals surface area contributed by atoms with Gasteiger partial charge < -0.3 is 14.7 Å². The Morgan fingerprint density at radius 1 is 1.35 bits per heavy atom. The van der Waals surface area contributed by atoms with Crippen molar-refractivity contribution in [3.8, 4) is 6.07 Å². The second-order valence-electron chi connectivity index (χ2n) is 4.04. The van der Waals surface area contributed by atoms with E-state index in [9.17, 15) is 13.2 Å². The molecule has 0 saturated carbocycles. The number of nitrogens with zero attached hydrogens (tertiary/aromatic N) is 2. The van der Waals surface area contributed by atoms with E-state index >= 15 is 0 Å². The predicted octanol–water partition coefficient (Wildman–Crippen LogP) is 2.02. The molecule has 0 aliphatic heterocycles. The maximum Gasteiger partial charge on any atom is 0.417 e. The monoisotopic (exact) mass is 288 g/mol. The van der Waals surface area contributed by atoms with Crippen molar-refractivity contribution in [2.75, 3.05) is 38.3 Å². The number of hydrogen-bond donors (Lipinski definition) is 1. The number of aliphatic hydroxyl groups is 1. The van der Waals surface area contributed by atoms with E-state index in [1.165, 1.54) is 19.2 Å². The van der Waals surface area contributed by atoms with Crippen molar-refractivity contribution in [3.63, 3.8) is 0 Å². The number of anilines is 1. The normalized spacial score (nSPS) is 11.2. The van der Waals surface area contributed by atoms with Crippen LogP contribution in [0.4, 0.5) is 18.9 Å². The number of benzene rings is 1. The first-order valence-corrected chi connectivity index (χ1v) is 5.90. The van der Waals surface area contributed by atoms with Gasteiger partial charge in [-0.3, -0.25) is 0 Å². The summed E-state index contributed by atoms with van der Waals surface area (Å²) in [4.78, 5) is 1.66. The van der Waals surface area contributed by atoms with Crippen LogP contribution in [0.1, 0.15) is 11.1 Å². The number of halogens is 3. The molecule has 0 bridgehead atoms. The quantitative estimate of drug-likeness (QED) is 0.870. The number of methoxy groups -OCH3 is 1. The van der Waals surface area contributed by atoms with Crippen LogP contribution < -0.4 is 4.90 Å². The van der Waals surface area contributed by atoms with Crippen molar-refractivity contribution in [2.45, 2.75) is 6.18 Å². The summed E-state index contributed by atoms with van der Waals surface area (Å²) in [5.41, 5.74) is -0.949.